The van der Waals surface area contributed by atoms with Crippen molar-refractivity contribution in [1.82, 2.24) is 9.55 Å². The first-order valence-electron chi connectivity index (χ1n) is 6.47. The molecule has 0 aliphatic rings. The van der Waals surface area contributed by atoms with Crippen molar-refractivity contribution in [1.29, 1.82) is 0 Å². The highest BCUT2D eigenvalue weighted by molar-refractivity contribution is 6.45. The van der Waals surface area contributed by atoms with E-state index in [0.717, 1.165) is 28.8 Å². The number of nitrogens with zero attached hydrogens (tertiary/aromatic N) is 2. The SMILES string of the molecule is COc1ccc2ncn(Cc3ccc(BO)cc3)c2c1. The van der Waals surface area contributed by atoms with Crippen molar-refractivity contribution < 1.29 is 9.76 Å². The third-order valence-corrected chi connectivity index (χ3v) is 3.39. The van der Waals surface area contributed by atoms with Crippen LogP contribution >= 0.6 is 0 Å². The van der Waals surface area contributed by atoms with E-state index in [1.165, 1.54) is 5.56 Å². The summed E-state index contributed by atoms with van der Waals surface area (Å²) in [4.78, 5) is 4.39. The maximum Gasteiger partial charge on any atom is 0.304 e. The molecule has 0 aliphatic carbocycles. The standard InChI is InChI=1S/C15H15BN2O2/c1-20-13-6-7-14-15(8-13)18(10-17-14)9-11-2-4-12(16-19)5-3-11/h2-8,10,16,19H,9H2,1H3. The van der Waals surface area contributed by atoms with Gasteiger partial charge in [0.25, 0.3) is 0 Å². The van der Waals surface area contributed by atoms with E-state index in [0.29, 0.717) is 0 Å². The molecule has 0 atom stereocenters. The molecule has 0 amide bonds. The second kappa shape index (κ2) is 5.39. The lowest BCUT2D eigenvalue weighted by atomic mass is 9.88. The number of methoxy groups -OCH3 is 1. The van der Waals surface area contributed by atoms with E-state index >= 15 is 0 Å². The van der Waals surface area contributed by atoms with Crippen molar-refractivity contribution in [3.8, 4) is 5.75 Å². The van der Waals surface area contributed by atoms with E-state index in [9.17, 15) is 0 Å². The van der Waals surface area contributed by atoms with Crippen LogP contribution < -0.4 is 10.2 Å². The average Bonchev–Trinajstić information content (AvgIpc) is 2.90. The van der Waals surface area contributed by atoms with Gasteiger partial charge in [-0.15, -0.1) is 0 Å². The van der Waals surface area contributed by atoms with Crippen LogP contribution in [0.25, 0.3) is 11.0 Å². The van der Waals surface area contributed by atoms with Crippen molar-refractivity contribution >= 4 is 24.0 Å². The molecule has 1 heterocycles. The number of rotatable bonds is 4. The van der Waals surface area contributed by atoms with Crippen molar-refractivity contribution in [3.05, 3.63) is 54.4 Å². The van der Waals surface area contributed by atoms with E-state index in [1.807, 2.05) is 48.8 Å². The van der Waals surface area contributed by atoms with Gasteiger partial charge in [-0.25, -0.2) is 4.98 Å². The van der Waals surface area contributed by atoms with Gasteiger partial charge in [0, 0.05) is 12.6 Å². The van der Waals surface area contributed by atoms with Crippen molar-refractivity contribution in [2.24, 2.45) is 0 Å². The summed E-state index contributed by atoms with van der Waals surface area (Å²) in [5.74, 6) is 0.829. The molecule has 1 N–H and O–H groups in total. The summed E-state index contributed by atoms with van der Waals surface area (Å²) < 4.78 is 7.35. The zero-order valence-corrected chi connectivity index (χ0v) is 11.3. The predicted octanol–water partition coefficient (Wildman–Crippen LogP) is 1.06. The first kappa shape index (κ1) is 12.8. The molecule has 0 saturated heterocycles. The second-order valence-corrected chi connectivity index (χ2v) is 4.70. The molecule has 0 fully saturated rings. The quantitative estimate of drug-likeness (QED) is 0.718. The summed E-state index contributed by atoms with van der Waals surface area (Å²) in [7, 11) is 1.74. The first-order valence-corrected chi connectivity index (χ1v) is 6.47. The molecule has 1 aromatic heterocycles. The Bertz CT molecular complexity index is 722. The summed E-state index contributed by atoms with van der Waals surface area (Å²) in [5.41, 5.74) is 4.10. The van der Waals surface area contributed by atoms with Crippen LogP contribution in [-0.2, 0) is 6.54 Å². The van der Waals surface area contributed by atoms with Gasteiger partial charge in [-0.05, 0) is 17.7 Å². The first-order chi connectivity index (χ1) is 9.80. The highest BCUT2D eigenvalue weighted by Crippen LogP contribution is 2.20. The largest absolute Gasteiger partial charge is 0.497 e. The van der Waals surface area contributed by atoms with Gasteiger partial charge in [0.1, 0.15) is 5.75 Å². The molecule has 3 rings (SSSR count). The van der Waals surface area contributed by atoms with Gasteiger partial charge in [0.15, 0.2) is 0 Å². The molecular formula is C15H15BN2O2. The number of hydrogen-bond acceptors (Lipinski definition) is 3. The Balaban J connectivity index is 1.93. The molecule has 0 radical (unpaired) electrons. The second-order valence-electron chi connectivity index (χ2n) is 4.70. The van der Waals surface area contributed by atoms with E-state index in [-0.39, 0.29) is 7.48 Å². The molecule has 0 saturated carbocycles. The third kappa shape index (κ3) is 2.40. The zero-order chi connectivity index (χ0) is 13.9. The minimum Gasteiger partial charge on any atom is -0.497 e. The molecular weight excluding hydrogens is 251 g/mol. The molecule has 20 heavy (non-hydrogen) atoms. The topological polar surface area (TPSA) is 47.3 Å². The van der Waals surface area contributed by atoms with Crippen LogP contribution in [0.4, 0.5) is 0 Å². The lowest BCUT2D eigenvalue weighted by Crippen LogP contribution is -2.12. The Kier molecular flexibility index (Phi) is 3.43. The van der Waals surface area contributed by atoms with Crippen LogP contribution in [0, 0.1) is 0 Å². The number of aromatic nitrogens is 2. The average molecular weight is 266 g/mol. The molecule has 100 valence electrons. The van der Waals surface area contributed by atoms with E-state index in [1.54, 1.807) is 7.11 Å². The number of fused-ring (bicyclic) bond motifs is 1. The van der Waals surface area contributed by atoms with Crippen LogP contribution in [0.2, 0.25) is 0 Å². The summed E-state index contributed by atoms with van der Waals surface area (Å²) in [6.45, 7) is 0.745. The Labute approximate surface area is 117 Å². The number of ether oxygens (including phenoxy) is 1. The van der Waals surface area contributed by atoms with E-state index in [2.05, 4.69) is 9.55 Å². The Morgan fingerprint density at radius 2 is 2.00 bits per heavy atom. The summed E-state index contributed by atoms with van der Waals surface area (Å²) in [5, 5.41) is 9.06. The van der Waals surface area contributed by atoms with Gasteiger partial charge in [-0.3, -0.25) is 0 Å². The fourth-order valence-corrected chi connectivity index (χ4v) is 2.24. The highest BCUT2D eigenvalue weighted by atomic mass is 16.5. The minimum atomic E-state index is 0.0749. The smallest absolute Gasteiger partial charge is 0.304 e. The molecule has 0 unspecified atom stereocenters. The van der Waals surface area contributed by atoms with Crippen LogP contribution in [0.3, 0.4) is 0 Å². The maximum absolute atomic E-state index is 9.06. The minimum absolute atomic E-state index is 0.0749. The molecule has 0 bridgehead atoms. The Hall–Kier alpha value is -2.27. The number of hydrogen-bond donors (Lipinski definition) is 1. The molecule has 5 heteroatoms. The maximum atomic E-state index is 9.06. The molecule has 0 spiro atoms. The highest BCUT2D eigenvalue weighted by Gasteiger charge is 2.05. The predicted molar refractivity (Wildman–Crippen MR) is 80.8 cm³/mol. The molecule has 3 aromatic rings. The van der Waals surface area contributed by atoms with Crippen LogP contribution in [-0.4, -0.2) is 29.2 Å². The molecule has 2 aromatic carbocycles. The lowest BCUT2D eigenvalue weighted by Gasteiger charge is -2.06. The van der Waals surface area contributed by atoms with Gasteiger partial charge in [-0.2, -0.15) is 0 Å². The van der Waals surface area contributed by atoms with Gasteiger partial charge in [-0.1, -0.05) is 29.7 Å². The van der Waals surface area contributed by atoms with Gasteiger partial charge < -0.3 is 14.3 Å². The van der Waals surface area contributed by atoms with Crippen molar-refractivity contribution in [2.45, 2.75) is 6.54 Å². The molecule has 4 nitrogen and oxygen atoms in total. The lowest BCUT2D eigenvalue weighted by molar-refractivity contribution is 0.415. The Morgan fingerprint density at radius 1 is 1.20 bits per heavy atom. The third-order valence-electron chi connectivity index (χ3n) is 3.39. The van der Waals surface area contributed by atoms with Crippen molar-refractivity contribution in [3.63, 3.8) is 0 Å². The van der Waals surface area contributed by atoms with Crippen LogP contribution in [0.1, 0.15) is 5.56 Å². The van der Waals surface area contributed by atoms with Crippen molar-refractivity contribution in [2.75, 3.05) is 7.11 Å². The van der Waals surface area contributed by atoms with Gasteiger partial charge >= 0.3 is 7.48 Å². The monoisotopic (exact) mass is 266 g/mol. The van der Waals surface area contributed by atoms with Gasteiger partial charge in [0.05, 0.1) is 24.5 Å². The number of imidazole rings is 1. The van der Waals surface area contributed by atoms with Crippen LogP contribution in [0.5, 0.6) is 5.75 Å². The number of benzene rings is 2. The Morgan fingerprint density at radius 3 is 2.70 bits per heavy atom. The van der Waals surface area contributed by atoms with Crippen LogP contribution in [0.15, 0.2) is 48.8 Å². The van der Waals surface area contributed by atoms with E-state index in [4.69, 9.17) is 9.76 Å². The fourth-order valence-electron chi connectivity index (χ4n) is 2.24. The summed E-state index contributed by atoms with van der Waals surface area (Å²) in [6.07, 6.45) is 1.84. The fraction of sp³-hybridized carbons (Fsp3) is 0.133. The zero-order valence-electron chi connectivity index (χ0n) is 11.3. The summed E-state index contributed by atoms with van der Waals surface area (Å²) in [6, 6.07) is 13.8. The van der Waals surface area contributed by atoms with E-state index < -0.39 is 0 Å². The normalized spacial score (nSPS) is 10.7. The van der Waals surface area contributed by atoms with Gasteiger partial charge in [0.2, 0.25) is 0 Å². The summed E-state index contributed by atoms with van der Waals surface area (Å²) >= 11 is 0. The molecule has 0 aliphatic heterocycles.